The Hall–Kier alpha value is -3.19. The molecule has 1 aliphatic carbocycles. The van der Waals surface area contributed by atoms with E-state index >= 15 is 0 Å². The Balaban J connectivity index is 1.68. The summed E-state index contributed by atoms with van der Waals surface area (Å²) in [6, 6.07) is 15.2. The summed E-state index contributed by atoms with van der Waals surface area (Å²) in [6.45, 7) is 1.59. The highest BCUT2D eigenvalue weighted by atomic mass is 16.7. The molecular weight excluding hydrogens is 384 g/mol. The zero-order chi connectivity index (χ0) is 21.7. The fourth-order valence-corrected chi connectivity index (χ4v) is 3.70. The Morgan fingerprint density at radius 2 is 1.60 bits per heavy atom. The highest BCUT2D eigenvalue weighted by Gasteiger charge is 2.30. The van der Waals surface area contributed by atoms with Crippen LogP contribution in [-0.4, -0.2) is 49.7 Å². The zero-order valence-electron chi connectivity index (χ0n) is 17.4. The third-order valence-corrected chi connectivity index (χ3v) is 5.30. The molecule has 0 fully saturated rings. The lowest BCUT2D eigenvalue weighted by Gasteiger charge is -2.23. The van der Waals surface area contributed by atoms with Gasteiger partial charge in [0.1, 0.15) is 18.4 Å². The number of nitrogens with zero attached hydrogens (tertiary/aromatic N) is 1. The van der Waals surface area contributed by atoms with Crippen LogP contribution in [0.5, 0.6) is 0 Å². The van der Waals surface area contributed by atoms with E-state index in [1.54, 1.807) is 0 Å². The quantitative estimate of drug-likeness (QED) is 0.675. The average molecular weight is 410 g/mol. The summed E-state index contributed by atoms with van der Waals surface area (Å²) in [5.74, 6) is -0.592. The van der Waals surface area contributed by atoms with Crippen LogP contribution in [0.15, 0.2) is 48.5 Å². The van der Waals surface area contributed by atoms with Crippen LogP contribution in [-0.2, 0) is 19.2 Å². The summed E-state index contributed by atoms with van der Waals surface area (Å²) in [6.07, 6.45) is -0.368. The van der Waals surface area contributed by atoms with Gasteiger partial charge in [0.25, 0.3) is 5.91 Å². The molecule has 0 aromatic heterocycles. The summed E-state index contributed by atoms with van der Waals surface area (Å²) in [7, 11) is 2.80. The number of Topliss-reactive ketones (excluding diaryl/α,β-unsaturated/α-hetero) is 1. The molecule has 7 heteroatoms. The molecular formula is C23H26N2O5. The number of hydrogen-bond acceptors (Lipinski definition) is 5. The second-order valence-corrected chi connectivity index (χ2v) is 7.28. The molecule has 0 heterocycles. The first kappa shape index (κ1) is 21.5. The summed E-state index contributed by atoms with van der Waals surface area (Å²) < 4.78 is 5.49. The van der Waals surface area contributed by atoms with Crippen LogP contribution in [0.2, 0.25) is 0 Å². The highest BCUT2D eigenvalue weighted by molar-refractivity contribution is 5.86. The van der Waals surface area contributed by atoms with Gasteiger partial charge < -0.3 is 14.8 Å². The Morgan fingerprint density at radius 1 is 1.03 bits per heavy atom. The third-order valence-electron chi connectivity index (χ3n) is 5.30. The van der Waals surface area contributed by atoms with E-state index in [1.165, 1.54) is 21.1 Å². The van der Waals surface area contributed by atoms with Crippen molar-refractivity contribution >= 4 is 17.8 Å². The van der Waals surface area contributed by atoms with Gasteiger partial charge in [-0.15, -0.1) is 0 Å². The van der Waals surface area contributed by atoms with Crippen molar-refractivity contribution < 1.29 is 24.0 Å². The standard InChI is InChI=1S/C23H26N2O5/c1-15(26)12-13-21(22(27)25(2)29-3)24-23(28)30-14-20-18-10-6-4-8-16(18)17-9-5-7-11-19(17)20/h4-11,20-21H,12-14H2,1-3H3,(H,24,28)/t21-/m0/s1. The van der Waals surface area contributed by atoms with Gasteiger partial charge in [-0.1, -0.05) is 48.5 Å². The summed E-state index contributed by atoms with van der Waals surface area (Å²) in [4.78, 5) is 41.1. The van der Waals surface area contributed by atoms with Crippen molar-refractivity contribution in [2.75, 3.05) is 20.8 Å². The number of nitrogens with one attached hydrogen (secondary N) is 1. The minimum Gasteiger partial charge on any atom is -0.449 e. The number of hydrogen-bond donors (Lipinski definition) is 1. The summed E-state index contributed by atoms with van der Waals surface area (Å²) >= 11 is 0. The van der Waals surface area contributed by atoms with E-state index in [1.807, 2.05) is 36.4 Å². The summed E-state index contributed by atoms with van der Waals surface area (Å²) in [5, 5.41) is 3.60. The third kappa shape index (κ3) is 4.68. The predicted molar refractivity (Wildman–Crippen MR) is 112 cm³/mol. The lowest BCUT2D eigenvalue weighted by Crippen LogP contribution is -2.47. The van der Waals surface area contributed by atoms with Crippen molar-refractivity contribution in [1.29, 1.82) is 0 Å². The second-order valence-electron chi connectivity index (χ2n) is 7.28. The van der Waals surface area contributed by atoms with Crippen LogP contribution in [0.3, 0.4) is 0 Å². The molecule has 0 aliphatic heterocycles. The maximum atomic E-state index is 12.5. The Bertz CT molecular complexity index is 897. The number of rotatable bonds is 8. The molecule has 0 spiro atoms. The van der Waals surface area contributed by atoms with Gasteiger partial charge >= 0.3 is 6.09 Å². The second kappa shape index (κ2) is 9.54. The van der Waals surface area contributed by atoms with Crippen molar-refractivity contribution in [3.63, 3.8) is 0 Å². The maximum Gasteiger partial charge on any atom is 0.407 e. The Kier molecular flexibility index (Phi) is 6.84. The molecule has 3 rings (SSSR count). The van der Waals surface area contributed by atoms with Crippen LogP contribution in [0.4, 0.5) is 4.79 Å². The number of carbonyl (C=O) groups excluding carboxylic acids is 3. The Morgan fingerprint density at radius 3 is 2.13 bits per heavy atom. The molecule has 2 aromatic carbocycles. The first-order valence-corrected chi connectivity index (χ1v) is 9.85. The van der Waals surface area contributed by atoms with Crippen LogP contribution >= 0.6 is 0 Å². The van der Waals surface area contributed by atoms with E-state index in [2.05, 4.69) is 17.4 Å². The lowest BCUT2D eigenvalue weighted by molar-refractivity contribution is -0.171. The molecule has 1 aliphatic rings. The van der Waals surface area contributed by atoms with Crippen LogP contribution in [0.25, 0.3) is 11.1 Å². The monoisotopic (exact) mass is 410 g/mol. The van der Waals surface area contributed by atoms with E-state index < -0.39 is 18.0 Å². The molecule has 1 atom stereocenters. The number of ether oxygens (including phenoxy) is 1. The normalized spacial score (nSPS) is 13.2. The van der Waals surface area contributed by atoms with E-state index in [0.717, 1.165) is 27.3 Å². The molecule has 0 unspecified atom stereocenters. The van der Waals surface area contributed by atoms with Crippen LogP contribution in [0, 0.1) is 0 Å². The summed E-state index contributed by atoms with van der Waals surface area (Å²) in [5.41, 5.74) is 4.49. The number of ketones is 1. The van der Waals surface area contributed by atoms with Crippen molar-refractivity contribution in [3.8, 4) is 11.1 Å². The van der Waals surface area contributed by atoms with Crippen LogP contribution in [0.1, 0.15) is 36.8 Å². The van der Waals surface area contributed by atoms with Crippen molar-refractivity contribution in [2.45, 2.75) is 31.7 Å². The van der Waals surface area contributed by atoms with Gasteiger partial charge in [0, 0.05) is 19.4 Å². The largest absolute Gasteiger partial charge is 0.449 e. The molecule has 2 amide bonds. The Labute approximate surface area is 175 Å². The number of hydroxylamine groups is 2. The molecule has 0 bridgehead atoms. The first-order valence-electron chi connectivity index (χ1n) is 9.85. The van der Waals surface area contributed by atoms with Crippen molar-refractivity contribution in [1.82, 2.24) is 10.4 Å². The van der Waals surface area contributed by atoms with E-state index in [4.69, 9.17) is 9.57 Å². The minimum absolute atomic E-state index is 0.0674. The van der Waals surface area contributed by atoms with Gasteiger partial charge in [0.05, 0.1) is 7.11 Å². The average Bonchev–Trinajstić information content (AvgIpc) is 3.07. The van der Waals surface area contributed by atoms with E-state index in [9.17, 15) is 14.4 Å². The lowest BCUT2D eigenvalue weighted by atomic mass is 9.98. The fourth-order valence-electron chi connectivity index (χ4n) is 3.70. The number of amides is 2. The maximum absolute atomic E-state index is 12.5. The van der Waals surface area contributed by atoms with Gasteiger partial charge in [0.15, 0.2) is 0 Å². The predicted octanol–water partition coefficient (Wildman–Crippen LogP) is 3.28. The molecule has 158 valence electrons. The van der Waals surface area contributed by atoms with Gasteiger partial charge in [-0.05, 0) is 35.6 Å². The number of carbonyl (C=O) groups is 3. The SMILES string of the molecule is CON(C)C(=O)[C@H](CCC(C)=O)NC(=O)OCC1c2ccccc2-c2ccccc21. The van der Waals surface area contributed by atoms with Crippen molar-refractivity contribution in [3.05, 3.63) is 59.7 Å². The number of alkyl carbamates (subject to hydrolysis) is 1. The molecule has 2 aromatic rings. The topological polar surface area (TPSA) is 84.9 Å². The zero-order valence-corrected chi connectivity index (χ0v) is 17.4. The number of likely N-dealkylation sites (N-methyl/N-ethyl adjacent to an activating group) is 1. The van der Waals surface area contributed by atoms with E-state index in [-0.39, 0.29) is 31.1 Å². The fraction of sp³-hybridized carbons (Fsp3) is 0.348. The molecule has 1 N–H and O–H groups in total. The van der Waals surface area contributed by atoms with Crippen LogP contribution < -0.4 is 5.32 Å². The first-order chi connectivity index (χ1) is 14.4. The molecule has 0 saturated heterocycles. The number of benzene rings is 2. The van der Waals surface area contributed by atoms with Gasteiger partial charge in [-0.3, -0.25) is 9.63 Å². The minimum atomic E-state index is -0.908. The molecule has 30 heavy (non-hydrogen) atoms. The highest BCUT2D eigenvalue weighted by Crippen LogP contribution is 2.44. The van der Waals surface area contributed by atoms with Gasteiger partial charge in [-0.25, -0.2) is 9.86 Å². The van der Waals surface area contributed by atoms with Gasteiger partial charge in [-0.2, -0.15) is 0 Å². The molecule has 0 radical (unpaired) electrons. The molecule has 0 saturated carbocycles. The number of fused-ring (bicyclic) bond motifs is 3. The molecule has 7 nitrogen and oxygen atoms in total. The van der Waals surface area contributed by atoms with E-state index in [0.29, 0.717) is 0 Å². The van der Waals surface area contributed by atoms with Gasteiger partial charge in [0.2, 0.25) is 0 Å². The smallest absolute Gasteiger partial charge is 0.407 e. The van der Waals surface area contributed by atoms with Crippen molar-refractivity contribution in [2.24, 2.45) is 0 Å².